The van der Waals surface area contributed by atoms with Gasteiger partial charge in [0.2, 0.25) is 0 Å². The van der Waals surface area contributed by atoms with Gasteiger partial charge in [-0.05, 0) is 6.92 Å². The lowest BCUT2D eigenvalue weighted by Crippen LogP contribution is -1.94. The van der Waals surface area contributed by atoms with Gasteiger partial charge in [-0.2, -0.15) is 10.2 Å². The SMILES string of the molecule is CCOc1cnnc(-c2ccccc2)c1. The highest BCUT2D eigenvalue weighted by molar-refractivity contribution is 5.59. The van der Waals surface area contributed by atoms with E-state index in [1.165, 1.54) is 0 Å². The summed E-state index contributed by atoms with van der Waals surface area (Å²) in [6, 6.07) is 11.8. The average molecular weight is 200 g/mol. The van der Waals surface area contributed by atoms with Gasteiger partial charge in [-0.15, -0.1) is 0 Å². The second kappa shape index (κ2) is 4.55. The molecule has 1 aromatic carbocycles. The molecule has 0 fully saturated rings. The van der Waals surface area contributed by atoms with Gasteiger partial charge in [-0.1, -0.05) is 30.3 Å². The van der Waals surface area contributed by atoms with E-state index in [9.17, 15) is 0 Å². The Kier molecular flexibility index (Phi) is 2.93. The molecule has 0 unspecified atom stereocenters. The monoisotopic (exact) mass is 200 g/mol. The van der Waals surface area contributed by atoms with Crippen molar-refractivity contribution < 1.29 is 4.74 Å². The van der Waals surface area contributed by atoms with Crippen molar-refractivity contribution in [1.82, 2.24) is 10.2 Å². The van der Waals surface area contributed by atoms with Gasteiger partial charge in [0.05, 0.1) is 18.5 Å². The van der Waals surface area contributed by atoms with Gasteiger partial charge in [-0.3, -0.25) is 0 Å². The average Bonchev–Trinajstić information content (AvgIpc) is 2.31. The summed E-state index contributed by atoms with van der Waals surface area (Å²) in [7, 11) is 0. The Hall–Kier alpha value is -1.90. The van der Waals surface area contributed by atoms with Crippen LogP contribution in [0.15, 0.2) is 42.6 Å². The van der Waals surface area contributed by atoms with Crippen LogP contribution in [0.5, 0.6) is 5.75 Å². The molecule has 0 radical (unpaired) electrons. The van der Waals surface area contributed by atoms with E-state index in [1.54, 1.807) is 6.20 Å². The highest BCUT2D eigenvalue weighted by Gasteiger charge is 2.00. The number of benzene rings is 1. The molecule has 76 valence electrons. The van der Waals surface area contributed by atoms with E-state index in [4.69, 9.17) is 4.74 Å². The zero-order chi connectivity index (χ0) is 10.5. The summed E-state index contributed by atoms with van der Waals surface area (Å²) in [4.78, 5) is 0. The number of ether oxygens (including phenoxy) is 1. The third-order valence-corrected chi connectivity index (χ3v) is 2.01. The molecule has 3 heteroatoms. The van der Waals surface area contributed by atoms with Crippen LogP contribution in [-0.4, -0.2) is 16.8 Å². The summed E-state index contributed by atoms with van der Waals surface area (Å²) in [5.74, 6) is 0.756. The predicted molar refractivity (Wildman–Crippen MR) is 58.6 cm³/mol. The van der Waals surface area contributed by atoms with Crippen molar-refractivity contribution in [2.75, 3.05) is 6.61 Å². The Balaban J connectivity index is 2.33. The van der Waals surface area contributed by atoms with E-state index in [0.717, 1.165) is 17.0 Å². The molecule has 2 aromatic rings. The molecule has 15 heavy (non-hydrogen) atoms. The van der Waals surface area contributed by atoms with Crippen LogP contribution in [0.2, 0.25) is 0 Å². The van der Waals surface area contributed by atoms with Crippen molar-refractivity contribution in [1.29, 1.82) is 0 Å². The number of aromatic nitrogens is 2. The van der Waals surface area contributed by atoms with E-state index < -0.39 is 0 Å². The molecule has 0 saturated heterocycles. The summed E-state index contributed by atoms with van der Waals surface area (Å²) in [5.41, 5.74) is 1.88. The van der Waals surface area contributed by atoms with Crippen molar-refractivity contribution >= 4 is 0 Å². The maximum Gasteiger partial charge on any atom is 0.141 e. The zero-order valence-corrected chi connectivity index (χ0v) is 8.55. The third-order valence-electron chi connectivity index (χ3n) is 2.01. The number of hydrogen-bond acceptors (Lipinski definition) is 3. The molecular formula is C12H12N2O. The number of hydrogen-bond donors (Lipinski definition) is 0. The van der Waals surface area contributed by atoms with Gasteiger partial charge >= 0.3 is 0 Å². The fourth-order valence-electron chi connectivity index (χ4n) is 1.34. The minimum Gasteiger partial charge on any atom is -0.492 e. The van der Waals surface area contributed by atoms with Gasteiger partial charge in [0.15, 0.2) is 0 Å². The smallest absolute Gasteiger partial charge is 0.141 e. The molecule has 0 aliphatic carbocycles. The van der Waals surface area contributed by atoms with Gasteiger partial charge in [0.25, 0.3) is 0 Å². The summed E-state index contributed by atoms with van der Waals surface area (Å²) in [6.07, 6.45) is 1.62. The molecule has 1 aromatic heterocycles. The first-order valence-corrected chi connectivity index (χ1v) is 4.91. The highest BCUT2D eigenvalue weighted by atomic mass is 16.5. The fourth-order valence-corrected chi connectivity index (χ4v) is 1.34. The van der Waals surface area contributed by atoms with E-state index in [0.29, 0.717) is 6.61 Å². The summed E-state index contributed by atoms with van der Waals surface area (Å²) >= 11 is 0. The molecule has 2 rings (SSSR count). The molecule has 0 spiro atoms. The van der Waals surface area contributed by atoms with Crippen LogP contribution in [0.4, 0.5) is 0 Å². The molecule has 0 amide bonds. The lowest BCUT2D eigenvalue weighted by Gasteiger charge is -2.03. The Labute approximate surface area is 88.7 Å². The van der Waals surface area contributed by atoms with Gasteiger partial charge in [0, 0.05) is 11.6 Å². The van der Waals surface area contributed by atoms with E-state index in [-0.39, 0.29) is 0 Å². The van der Waals surface area contributed by atoms with Crippen LogP contribution in [-0.2, 0) is 0 Å². The first kappa shape index (κ1) is 9.65. The lowest BCUT2D eigenvalue weighted by molar-refractivity contribution is 0.338. The summed E-state index contributed by atoms with van der Waals surface area (Å²) in [5, 5.41) is 7.97. The molecule has 1 heterocycles. The molecule has 0 bridgehead atoms. The molecular weight excluding hydrogens is 188 g/mol. The normalized spacial score (nSPS) is 9.93. The maximum absolute atomic E-state index is 5.37. The standard InChI is InChI=1S/C12H12N2O/c1-2-15-11-8-12(14-13-9-11)10-6-4-3-5-7-10/h3-9H,2H2,1H3. The van der Waals surface area contributed by atoms with Gasteiger partial charge in [0.1, 0.15) is 5.75 Å². The van der Waals surface area contributed by atoms with E-state index in [1.807, 2.05) is 43.3 Å². The van der Waals surface area contributed by atoms with Crippen LogP contribution >= 0.6 is 0 Å². The molecule has 0 aliphatic rings. The minimum absolute atomic E-state index is 0.639. The molecule has 0 aliphatic heterocycles. The predicted octanol–water partition coefficient (Wildman–Crippen LogP) is 2.54. The maximum atomic E-state index is 5.37. The first-order valence-electron chi connectivity index (χ1n) is 4.91. The largest absolute Gasteiger partial charge is 0.492 e. The third kappa shape index (κ3) is 2.31. The van der Waals surface area contributed by atoms with Gasteiger partial charge < -0.3 is 4.74 Å². The fraction of sp³-hybridized carbons (Fsp3) is 0.167. The highest BCUT2D eigenvalue weighted by Crippen LogP contribution is 2.19. The van der Waals surface area contributed by atoms with Crippen LogP contribution < -0.4 is 4.74 Å². The molecule has 0 atom stereocenters. The Morgan fingerprint density at radius 2 is 2.00 bits per heavy atom. The van der Waals surface area contributed by atoms with Gasteiger partial charge in [-0.25, -0.2) is 0 Å². The van der Waals surface area contributed by atoms with Crippen LogP contribution in [0, 0.1) is 0 Å². The zero-order valence-electron chi connectivity index (χ0n) is 8.55. The first-order chi connectivity index (χ1) is 7.40. The molecule has 0 saturated carbocycles. The Morgan fingerprint density at radius 1 is 1.20 bits per heavy atom. The second-order valence-electron chi connectivity index (χ2n) is 3.08. The number of rotatable bonds is 3. The van der Waals surface area contributed by atoms with Crippen LogP contribution in [0.1, 0.15) is 6.92 Å². The second-order valence-corrected chi connectivity index (χ2v) is 3.08. The number of nitrogens with zero attached hydrogens (tertiary/aromatic N) is 2. The minimum atomic E-state index is 0.639. The van der Waals surface area contributed by atoms with Crippen LogP contribution in [0.25, 0.3) is 11.3 Å². The Morgan fingerprint density at radius 3 is 2.73 bits per heavy atom. The van der Waals surface area contributed by atoms with E-state index >= 15 is 0 Å². The summed E-state index contributed by atoms with van der Waals surface area (Å²) in [6.45, 7) is 2.59. The Bertz CT molecular complexity index is 429. The van der Waals surface area contributed by atoms with Crippen molar-refractivity contribution in [3.63, 3.8) is 0 Å². The molecule has 0 N–H and O–H groups in total. The van der Waals surface area contributed by atoms with Crippen molar-refractivity contribution in [2.24, 2.45) is 0 Å². The van der Waals surface area contributed by atoms with Crippen molar-refractivity contribution in [3.05, 3.63) is 42.6 Å². The quantitative estimate of drug-likeness (QED) is 0.763. The van der Waals surface area contributed by atoms with Crippen LogP contribution in [0.3, 0.4) is 0 Å². The van der Waals surface area contributed by atoms with Crippen molar-refractivity contribution in [3.8, 4) is 17.0 Å². The van der Waals surface area contributed by atoms with E-state index in [2.05, 4.69) is 10.2 Å². The molecule has 3 nitrogen and oxygen atoms in total. The topological polar surface area (TPSA) is 35.0 Å². The lowest BCUT2D eigenvalue weighted by atomic mass is 10.1. The summed E-state index contributed by atoms with van der Waals surface area (Å²) < 4.78 is 5.37. The van der Waals surface area contributed by atoms with Crippen molar-refractivity contribution in [2.45, 2.75) is 6.92 Å².